The Morgan fingerprint density at radius 2 is 1.76 bits per heavy atom. The molecule has 13 nitrogen and oxygen atoms in total. The summed E-state index contributed by atoms with van der Waals surface area (Å²) in [6.45, 7) is 2.56. The zero-order valence-corrected chi connectivity index (χ0v) is 23.5. The average molecular weight is 609 g/mol. The van der Waals surface area contributed by atoms with Crippen molar-refractivity contribution in [2.75, 3.05) is 32.8 Å². The maximum absolute atomic E-state index is 14.3. The molecule has 1 atom stereocenters. The van der Waals surface area contributed by atoms with Gasteiger partial charge in [0.1, 0.15) is 23.3 Å². The van der Waals surface area contributed by atoms with Gasteiger partial charge in [0, 0.05) is 44.1 Å². The molecule has 0 spiro atoms. The van der Waals surface area contributed by atoms with Gasteiger partial charge in [0.2, 0.25) is 11.5 Å². The van der Waals surface area contributed by atoms with Crippen molar-refractivity contribution in [3.05, 3.63) is 34.7 Å². The van der Waals surface area contributed by atoms with Crippen molar-refractivity contribution in [3.8, 4) is 5.75 Å². The van der Waals surface area contributed by atoms with E-state index in [1.54, 1.807) is 6.92 Å². The SMILES string of the molecule is CCOC(=O)N1CCN(C(=O)C(CCC(=O)O)NC(=O)c2cc(OC3(C(=O)O)CCC3)c3cc(F)c(Cl)cc3n2)CC1. The minimum Gasteiger partial charge on any atom is -0.481 e. The molecule has 15 heteroatoms. The number of fused-ring (bicyclic) bond motifs is 1. The predicted octanol–water partition coefficient (Wildman–Crippen LogP) is 2.68. The lowest BCUT2D eigenvalue weighted by molar-refractivity contribution is -0.163. The molecule has 1 saturated heterocycles. The molecule has 3 amide bonds. The van der Waals surface area contributed by atoms with Crippen LogP contribution in [0.1, 0.15) is 49.5 Å². The number of hydrogen-bond donors (Lipinski definition) is 3. The highest BCUT2D eigenvalue weighted by Gasteiger charge is 2.47. The number of hydrogen-bond acceptors (Lipinski definition) is 8. The Morgan fingerprint density at radius 1 is 1.10 bits per heavy atom. The molecule has 0 radical (unpaired) electrons. The lowest BCUT2D eigenvalue weighted by Gasteiger charge is -2.38. The van der Waals surface area contributed by atoms with Crippen LogP contribution >= 0.6 is 11.6 Å². The number of nitrogens with zero attached hydrogens (tertiary/aromatic N) is 3. The molecule has 1 aliphatic heterocycles. The maximum Gasteiger partial charge on any atom is 0.409 e. The quantitative estimate of drug-likeness (QED) is 0.363. The van der Waals surface area contributed by atoms with Crippen LogP contribution in [0.15, 0.2) is 18.2 Å². The van der Waals surface area contributed by atoms with Crippen LogP contribution in [0.2, 0.25) is 5.02 Å². The number of ether oxygens (including phenoxy) is 2. The van der Waals surface area contributed by atoms with Gasteiger partial charge in [0.05, 0.1) is 17.1 Å². The summed E-state index contributed by atoms with van der Waals surface area (Å²) in [7, 11) is 0. The largest absolute Gasteiger partial charge is 0.481 e. The number of piperazine rings is 1. The number of carboxylic acid groups (broad SMARTS) is 2. The third kappa shape index (κ3) is 6.64. The summed E-state index contributed by atoms with van der Waals surface area (Å²) in [5.41, 5.74) is -1.78. The van der Waals surface area contributed by atoms with Gasteiger partial charge in [0.25, 0.3) is 5.91 Å². The average Bonchev–Trinajstić information content (AvgIpc) is 2.93. The molecular weight excluding hydrogens is 579 g/mol. The number of halogens is 2. The van der Waals surface area contributed by atoms with Crippen LogP contribution in [0.25, 0.3) is 10.9 Å². The van der Waals surface area contributed by atoms with E-state index in [0.717, 1.165) is 12.1 Å². The van der Waals surface area contributed by atoms with Crippen LogP contribution in [0, 0.1) is 5.82 Å². The fraction of sp³-hybridized carbons (Fsp3) is 0.481. The first-order valence-corrected chi connectivity index (χ1v) is 13.8. The van der Waals surface area contributed by atoms with Crippen molar-refractivity contribution in [1.82, 2.24) is 20.1 Å². The topological polar surface area (TPSA) is 176 Å². The van der Waals surface area contributed by atoms with Gasteiger partial charge >= 0.3 is 18.0 Å². The highest BCUT2D eigenvalue weighted by Crippen LogP contribution is 2.40. The lowest BCUT2D eigenvalue weighted by atomic mass is 9.80. The smallest absolute Gasteiger partial charge is 0.409 e. The molecule has 2 aliphatic rings. The molecule has 1 saturated carbocycles. The second kappa shape index (κ2) is 12.8. The number of carbonyl (C=O) groups is 5. The van der Waals surface area contributed by atoms with Crippen molar-refractivity contribution in [2.45, 2.75) is 50.7 Å². The number of rotatable bonds is 10. The molecule has 226 valence electrons. The number of amides is 3. The van der Waals surface area contributed by atoms with Gasteiger partial charge in [-0.3, -0.25) is 14.4 Å². The van der Waals surface area contributed by atoms with Crippen LogP contribution in [-0.4, -0.2) is 99.3 Å². The van der Waals surface area contributed by atoms with Crippen LogP contribution in [0.5, 0.6) is 5.75 Å². The maximum atomic E-state index is 14.3. The van der Waals surface area contributed by atoms with Gasteiger partial charge in [0.15, 0.2) is 0 Å². The Balaban J connectivity index is 1.59. The van der Waals surface area contributed by atoms with Gasteiger partial charge in [-0.05, 0) is 44.7 Å². The van der Waals surface area contributed by atoms with E-state index in [0.29, 0.717) is 6.42 Å². The van der Waals surface area contributed by atoms with Crippen molar-refractivity contribution in [1.29, 1.82) is 0 Å². The van der Waals surface area contributed by atoms with Gasteiger partial charge in [-0.15, -0.1) is 0 Å². The molecule has 0 bridgehead atoms. The molecule has 3 N–H and O–H groups in total. The first kappa shape index (κ1) is 30.8. The fourth-order valence-electron chi connectivity index (χ4n) is 4.76. The number of aliphatic carboxylic acids is 2. The van der Waals surface area contributed by atoms with Gasteiger partial charge in [-0.2, -0.15) is 0 Å². The van der Waals surface area contributed by atoms with Crippen molar-refractivity contribution >= 4 is 52.4 Å². The number of pyridine rings is 1. The number of benzene rings is 1. The second-order valence-corrected chi connectivity index (χ2v) is 10.4. The van der Waals surface area contributed by atoms with E-state index in [4.69, 9.17) is 21.1 Å². The van der Waals surface area contributed by atoms with Crippen LogP contribution in [0.3, 0.4) is 0 Å². The molecular formula is C27H30ClFN4O9. The highest BCUT2D eigenvalue weighted by atomic mass is 35.5. The lowest BCUT2D eigenvalue weighted by Crippen LogP contribution is -2.56. The molecule has 1 aromatic heterocycles. The standard InChI is InChI=1S/C27H30ClFN4O9/c1-2-41-26(40)33-10-8-32(9-11-33)24(37)18(4-5-22(34)35)31-23(36)20-14-21(42-27(25(38)39)6-3-7-27)15-12-17(29)16(28)13-19(15)30-20/h12-14,18H,2-11H2,1H3,(H,31,36)(H,34,35)(H,38,39). The predicted molar refractivity (Wildman–Crippen MR) is 145 cm³/mol. The van der Waals surface area contributed by atoms with Crippen LogP contribution < -0.4 is 10.1 Å². The molecule has 2 fully saturated rings. The van der Waals surface area contributed by atoms with E-state index < -0.39 is 53.7 Å². The summed E-state index contributed by atoms with van der Waals surface area (Å²) in [5.74, 6) is -4.70. The van der Waals surface area contributed by atoms with E-state index >= 15 is 0 Å². The molecule has 2 aromatic rings. The van der Waals surface area contributed by atoms with E-state index in [-0.39, 0.29) is 79.4 Å². The monoisotopic (exact) mass is 608 g/mol. The zero-order valence-electron chi connectivity index (χ0n) is 22.7. The van der Waals surface area contributed by atoms with Gasteiger partial charge < -0.3 is 34.8 Å². The minimum atomic E-state index is -1.55. The summed E-state index contributed by atoms with van der Waals surface area (Å²) in [6.07, 6.45) is -0.141. The Labute approximate surface area is 244 Å². The third-order valence-electron chi connectivity index (χ3n) is 7.27. The van der Waals surface area contributed by atoms with Crippen LogP contribution in [-0.2, 0) is 19.1 Å². The number of carbonyl (C=O) groups excluding carboxylic acids is 3. The van der Waals surface area contributed by atoms with E-state index in [1.807, 2.05) is 0 Å². The molecule has 2 heterocycles. The van der Waals surface area contributed by atoms with Crippen molar-refractivity contribution in [3.63, 3.8) is 0 Å². The summed E-state index contributed by atoms with van der Waals surface area (Å²) in [4.78, 5) is 69.1. The molecule has 42 heavy (non-hydrogen) atoms. The molecule has 4 rings (SSSR count). The summed E-state index contributed by atoms with van der Waals surface area (Å²) in [6, 6.07) is 2.11. The fourth-order valence-corrected chi connectivity index (χ4v) is 4.92. The normalized spacial score (nSPS) is 16.7. The number of carboxylic acids is 2. The first-order chi connectivity index (χ1) is 19.9. The van der Waals surface area contributed by atoms with Crippen LogP contribution in [0.4, 0.5) is 9.18 Å². The summed E-state index contributed by atoms with van der Waals surface area (Å²) < 4.78 is 25.2. The van der Waals surface area contributed by atoms with E-state index in [9.17, 15) is 38.6 Å². The summed E-state index contributed by atoms with van der Waals surface area (Å²) >= 11 is 5.94. The van der Waals surface area contributed by atoms with Crippen molar-refractivity contribution in [2.24, 2.45) is 0 Å². The zero-order chi connectivity index (χ0) is 30.6. The Morgan fingerprint density at radius 3 is 2.33 bits per heavy atom. The Hall–Kier alpha value is -4.20. The van der Waals surface area contributed by atoms with E-state index in [1.165, 1.54) is 15.9 Å². The Bertz CT molecular complexity index is 1410. The minimum absolute atomic E-state index is 0.0485. The molecule has 1 unspecified atom stereocenters. The number of nitrogens with one attached hydrogen (secondary N) is 1. The van der Waals surface area contributed by atoms with Crippen molar-refractivity contribution < 1.29 is 48.0 Å². The molecule has 1 aliphatic carbocycles. The third-order valence-corrected chi connectivity index (χ3v) is 7.56. The van der Waals surface area contributed by atoms with Gasteiger partial charge in [-0.1, -0.05) is 11.6 Å². The Kier molecular flexibility index (Phi) is 9.34. The number of aromatic nitrogens is 1. The summed E-state index contributed by atoms with van der Waals surface area (Å²) in [5, 5.41) is 21.3. The first-order valence-electron chi connectivity index (χ1n) is 13.4. The second-order valence-electron chi connectivity index (χ2n) is 10.0. The highest BCUT2D eigenvalue weighted by molar-refractivity contribution is 6.31. The van der Waals surface area contributed by atoms with Gasteiger partial charge in [-0.25, -0.2) is 19.0 Å². The molecule has 1 aromatic carbocycles. The van der Waals surface area contributed by atoms with E-state index in [2.05, 4.69) is 10.3 Å².